The lowest BCUT2D eigenvalue weighted by Crippen LogP contribution is -2.44. The number of hydrogen-bond donors (Lipinski definition) is 0. The Morgan fingerprint density at radius 3 is 1.65 bits per heavy atom. The van der Waals surface area contributed by atoms with Crippen LogP contribution in [0.2, 0.25) is 50.4 Å². The van der Waals surface area contributed by atoms with E-state index in [9.17, 15) is 0 Å². The van der Waals surface area contributed by atoms with Crippen molar-refractivity contribution in [2.24, 2.45) is 0 Å². The lowest BCUT2D eigenvalue weighted by atomic mass is 10.9. The largest absolute Gasteiger partial charge is 0.499 e. The summed E-state index contributed by atoms with van der Waals surface area (Å²) in [6, 6.07) is 5.13. The van der Waals surface area contributed by atoms with E-state index in [-0.39, 0.29) is 0 Å². The van der Waals surface area contributed by atoms with Crippen LogP contribution in [0.5, 0.6) is 0 Å². The quantitative estimate of drug-likeness (QED) is 0.612. The zero-order valence-corrected chi connectivity index (χ0v) is 15.8. The standard InChI is InChI=1S/C11H30O3Si3/c1-12-17(13-2,14-3)11-10-16(6,7)9-8-15(4)5/h15H,8-11H2,1-7H3. The summed E-state index contributed by atoms with van der Waals surface area (Å²) in [5, 5.41) is 0. The van der Waals surface area contributed by atoms with Crippen LogP contribution in [0.15, 0.2) is 0 Å². The van der Waals surface area contributed by atoms with E-state index < -0.39 is 25.7 Å². The maximum atomic E-state index is 5.48. The van der Waals surface area contributed by atoms with Gasteiger partial charge in [0.25, 0.3) is 0 Å². The lowest BCUT2D eigenvalue weighted by Gasteiger charge is -2.29. The summed E-state index contributed by atoms with van der Waals surface area (Å²) in [5.74, 6) is 0. The average Bonchev–Trinajstić information content (AvgIpc) is 2.29. The van der Waals surface area contributed by atoms with Gasteiger partial charge < -0.3 is 13.3 Å². The first-order valence-electron chi connectivity index (χ1n) is 6.46. The van der Waals surface area contributed by atoms with Crippen molar-refractivity contribution in [2.75, 3.05) is 21.3 Å². The van der Waals surface area contributed by atoms with Crippen molar-refractivity contribution >= 4 is 25.7 Å². The summed E-state index contributed by atoms with van der Waals surface area (Å²) in [6.45, 7) is 9.82. The van der Waals surface area contributed by atoms with Crippen LogP contribution < -0.4 is 0 Å². The van der Waals surface area contributed by atoms with Crippen LogP contribution in [0.25, 0.3) is 0 Å². The molecule has 104 valence electrons. The summed E-state index contributed by atoms with van der Waals surface area (Å²) < 4.78 is 16.4. The first-order valence-corrected chi connectivity index (χ1v) is 14.9. The van der Waals surface area contributed by atoms with Gasteiger partial charge in [0.1, 0.15) is 0 Å². The highest BCUT2D eigenvalue weighted by Gasteiger charge is 2.39. The molecule has 0 saturated carbocycles. The monoisotopic (exact) mass is 294 g/mol. The van der Waals surface area contributed by atoms with Crippen LogP contribution in [0, 0.1) is 0 Å². The van der Waals surface area contributed by atoms with Crippen molar-refractivity contribution < 1.29 is 13.3 Å². The highest BCUT2D eigenvalue weighted by molar-refractivity contribution is 6.80. The highest BCUT2D eigenvalue weighted by atomic mass is 28.4. The van der Waals surface area contributed by atoms with Gasteiger partial charge in [0.2, 0.25) is 0 Å². The molecule has 0 aromatic heterocycles. The van der Waals surface area contributed by atoms with Crippen molar-refractivity contribution in [1.82, 2.24) is 0 Å². The molecule has 3 nitrogen and oxygen atoms in total. The van der Waals surface area contributed by atoms with E-state index in [4.69, 9.17) is 13.3 Å². The molecule has 0 aliphatic carbocycles. The lowest BCUT2D eigenvalue weighted by molar-refractivity contribution is 0.125. The molecule has 0 aliphatic rings. The van der Waals surface area contributed by atoms with Gasteiger partial charge in [-0.15, -0.1) is 0 Å². The fraction of sp³-hybridized carbons (Fsp3) is 1.00. The van der Waals surface area contributed by atoms with Gasteiger partial charge in [-0.05, 0) is 0 Å². The van der Waals surface area contributed by atoms with Gasteiger partial charge in [-0.3, -0.25) is 0 Å². The Morgan fingerprint density at radius 2 is 1.29 bits per heavy atom. The second kappa shape index (κ2) is 7.85. The summed E-state index contributed by atoms with van der Waals surface area (Å²) in [6.07, 6.45) is 0. The van der Waals surface area contributed by atoms with Crippen LogP contribution in [0.4, 0.5) is 0 Å². The minimum Gasteiger partial charge on any atom is -0.377 e. The molecule has 0 aliphatic heterocycles. The summed E-state index contributed by atoms with van der Waals surface area (Å²) >= 11 is 0. The predicted octanol–water partition coefficient (Wildman–Crippen LogP) is 3.06. The summed E-state index contributed by atoms with van der Waals surface area (Å²) in [5.41, 5.74) is 0. The molecule has 0 aromatic rings. The zero-order chi connectivity index (χ0) is 13.5. The van der Waals surface area contributed by atoms with Crippen LogP contribution in [0.1, 0.15) is 0 Å². The molecule has 0 amide bonds. The highest BCUT2D eigenvalue weighted by Crippen LogP contribution is 2.26. The molecule has 0 bridgehead atoms. The number of hydrogen-bond acceptors (Lipinski definition) is 3. The predicted molar refractivity (Wildman–Crippen MR) is 82.4 cm³/mol. The van der Waals surface area contributed by atoms with E-state index in [0.717, 1.165) is 6.04 Å². The molecule has 6 heteroatoms. The van der Waals surface area contributed by atoms with Gasteiger partial charge >= 0.3 is 8.80 Å². The molecule has 0 heterocycles. The van der Waals surface area contributed by atoms with Crippen LogP contribution in [0.3, 0.4) is 0 Å². The molecular weight excluding hydrogens is 264 g/mol. The van der Waals surface area contributed by atoms with Crippen molar-refractivity contribution in [3.8, 4) is 0 Å². The molecule has 0 aromatic carbocycles. The van der Waals surface area contributed by atoms with E-state index in [1.54, 1.807) is 21.3 Å². The fourth-order valence-electron chi connectivity index (χ4n) is 1.85. The zero-order valence-electron chi connectivity index (χ0n) is 12.6. The maximum absolute atomic E-state index is 5.48. The Kier molecular flexibility index (Phi) is 8.10. The Hall–Kier alpha value is 0.531. The van der Waals surface area contributed by atoms with Crippen LogP contribution >= 0.6 is 0 Å². The number of rotatable bonds is 9. The van der Waals surface area contributed by atoms with E-state index in [1.807, 2.05) is 0 Å². The van der Waals surface area contributed by atoms with Gasteiger partial charge in [0.15, 0.2) is 0 Å². The third kappa shape index (κ3) is 6.88. The summed E-state index contributed by atoms with van der Waals surface area (Å²) in [4.78, 5) is 0. The molecule has 0 unspecified atom stereocenters. The molecule has 0 spiro atoms. The smallest absolute Gasteiger partial charge is 0.377 e. The Morgan fingerprint density at radius 1 is 0.824 bits per heavy atom. The third-order valence-corrected chi connectivity index (χ3v) is 11.9. The van der Waals surface area contributed by atoms with Crippen molar-refractivity contribution in [3.05, 3.63) is 0 Å². The van der Waals surface area contributed by atoms with E-state index in [1.165, 1.54) is 18.1 Å². The molecule has 0 fully saturated rings. The second-order valence-electron chi connectivity index (χ2n) is 5.89. The van der Waals surface area contributed by atoms with Crippen LogP contribution in [-0.4, -0.2) is 47.0 Å². The molecular formula is C11H30O3Si3. The maximum Gasteiger partial charge on any atom is 0.499 e. The topological polar surface area (TPSA) is 27.7 Å². The van der Waals surface area contributed by atoms with E-state index >= 15 is 0 Å². The molecule has 0 rings (SSSR count). The first kappa shape index (κ1) is 17.5. The minimum absolute atomic E-state index is 0.407. The Balaban J connectivity index is 4.22. The van der Waals surface area contributed by atoms with E-state index in [0.29, 0.717) is 0 Å². The second-order valence-corrected chi connectivity index (χ2v) is 17.7. The normalized spacial score (nSPS) is 13.4. The molecule has 0 saturated heterocycles. The van der Waals surface area contributed by atoms with E-state index in [2.05, 4.69) is 26.2 Å². The average molecular weight is 295 g/mol. The molecule has 17 heavy (non-hydrogen) atoms. The SMILES string of the molecule is CO[Si](CC[Si](C)(C)CC[SiH](C)C)(OC)OC. The van der Waals surface area contributed by atoms with Crippen molar-refractivity contribution in [1.29, 1.82) is 0 Å². The summed E-state index contributed by atoms with van der Waals surface area (Å²) in [7, 11) is 1.27. The van der Waals surface area contributed by atoms with Gasteiger partial charge in [0.05, 0.1) is 0 Å². The van der Waals surface area contributed by atoms with Crippen molar-refractivity contribution in [2.45, 2.75) is 50.4 Å². The van der Waals surface area contributed by atoms with Gasteiger partial charge in [-0.2, -0.15) is 0 Å². The molecule has 0 atom stereocenters. The van der Waals surface area contributed by atoms with Gasteiger partial charge in [-0.25, -0.2) is 0 Å². The Bertz CT molecular complexity index is 198. The van der Waals surface area contributed by atoms with Crippen molar-refractivity contribution in [3.63, 3.8) is 0 Å². The first-order chi connectivity index (χ1) is 7.81. The van der Waals surface area contributed by atoms with Gasteiger partial charge in [0, 0.05) is 44.2 Å². The van der Waals surface area contributed by atoms with Crippen LogP contribution in [-0.2, 0) is 13.3 Å². The molecule has 0 N–H and O–H groups in total. The van der Waals surface area contributed by atoms with Gasteiger partial charge in [-0.1, -0.05) is 44.3 Å². The molecule has 0 radical (unpaired) electrons. The Labute approximate surface area is 111 Å². The fourth-order valence-corrected chi connectivity index (χ4v) is 12.6. The minimum atomic E-state index is -2.34. The third-order valence-electron chi connectivity index (χ3n) is 3.44.